The number of hydrogen-bond acceptors (Lipinski definition) is 4. The van der Waals surface area contributed by atoms with Crippen molar-refractivity contribution in [2.45, 2.75) is 0 Å². The van der Waals surface area contributed by atoms with Crippen LogP contribution in [0, 0.1) is 34.0 Å². The van der Waals surface area contributed by atoms with Crippen molar-refractivity contribution in [2.24, 2.45) is 0 Å². The molecular formula is C39H20N4O. The van der Waals surface area contributed by atoms with Crippen molar-refractivity contribution in [1.29, 1.82) is 15.8 Å². The third-order valence-electron chi connectivity index (χ3n) is 8.24. The van der Waals surface area contributed by atoms with Crippen molar-refractivity contribution in [2.75, 3.05) is 0 Å². The maximum absolute atomic E-state index is 10.1. The van der Waals surface area contributed by atoms with Gasteiger partial charge in [0, 0.05) is 32.8 Å². The zero-order chi connectivity index (χ0) is 29.8. The second-order valence-electron chi connectivity index (χ2n) is 10.8. The van der Waals surface area contributed by atoms with E-state index in [1.54, 1.807) is 12.1 Å². The summed E-state index contributed by atoms with van der Waals surface area (Å²) in [5, 5.41) is 33.1. The van der Waals surface area contributed by atoms with Gasteiger partial charge in [0.15, 0.2) is 0 Å². The highest BCUT2D eigenvalue weighted by Crippen LogP contribution is 2.38. The fraction of sp³-hybridized carbons (Fsp3) is 0. The van der Waals surface area contributed by atoms with Gasteiger partial charge < -0.3 is 8.98 Å². The summed E-state index contributed by atoms with van der Waals surface area (Å²) in [4.78, 5) is 0. The predicted molar refractivity (Wildman–Crippen MR) is 173 cm³/mol. The highest BCUT2D eigenvalue weighted by atomic mass is 16.3. The van der Waals surface area contributed by atoms with Crippen molar-refractivity contribution < 1.29 is 4.42 Å². The first kappa shape index (κ1) is 25.1. The van der Waals surface area contributed by atoms with E-state index in [9.17, 15) is 15.8 Å². The normalized spacial score (nSPS) is 11.1. The standard InChI is InChI=1S/C39H20N4O/c40-21-24-11-13-36-34(17-24)35-18-25(22-41)12-14-37(35)43(36)30-16-26(23-42)15-29(20-30)27-5-3-6-28(19-27)31-8-4-9-33-32-7-1-2-10-38(32)44-39(31)33/h1-20H. The Bertz CT molecular complexity index is 2530. The number of fused-ring (bicyclic) bond motifs is 6. The fourth-order valence-electron chi connectivity index (χ4n) is 6.25. The zero-order valence-electron chi connectivity index (χ0n) is 23.2. The molecule has 0 radical (unpaired) electrons. The summed E-state index contributed by atoms with van der Waals surface area (Å²) in [5.74, 6) is 0. The molecule has 8 rings (SSSR count). The van der Waals surface area contributed by atoms with Crippen molar-refractivity contribution >= 4 is 43.7 Å². The molecular weight excluding hydrogens is 540 g/mol. The number of nitrogens with zero attached hydrogens (tertiary/aromatic N) is 4. The van der Waals surface area contributed by atoms with Gasteiger partial charge in [-0.2, -0.15) is 15.8 Å². The summed E-state index contributed by atoms with van der Waals surface area (Å²) in [6.07, 6.45) is 0. The van der Waals surface area contributed by atoms with Gasteiger partial charge in [-0.15, -0.1) is 0 Å². The van der Waals surface area contributed by atoms with E-state index in [4.69, 9.17) is 4.42 Å². The van der Waals surface area contributed by atoms with Crippen LogP contribution in [-0.4, -0.2) is 4.57 Å². The highest BCUT2D eigenvalue weighted by molar-refractivity contribution is 6.11. The van der Waals surface area contributed by atoms with E-state index in [-0.39, 0.29) is 0 Å². The van der Waals surface area contributed by atoms with Crippen molar-refractivity contribution in [1.82, 2.24) is 4.57 Å². The minimum atomic E-state index is 0.527. The molecule has 202 valence electrons. The monoisotopic (exact) mass is 560 g/mol. The summed E-state index contributed by atoms with van der Waals surface area (Å²) in [5.41, 5.74) is 9.79. The topological polar surface area (TPSA) is 89.4 Å². The molecule has 0 aliphatic carbocycles. The Balaban J connectivity index is 1.33. The molecule has 0 saturated heterocycles. The molecule has 0 unspecified atom stereocenters. The average molecular weight is 561 g/mol. The van der Waals surface area contributed by atoms with Gasteiger partial charge in [0.1, 0.15) is 11.2 Å². The van der Waals surface area contributed by atoms with Crippen molar-refractivity contribution in [3.05, 3.63) is 138 Å². The van der Waals surface area contributed by atoms with Crippen LogP contribution in [0.3, 0.4) is 0 Å². The molecule has 5 nitrogen and oxygen atoms in total. The first-order valence-electron chi connectivity index (χ1n) is 14.1. The Morgan fingerprint density at radius 1 is 0.477 bits per heavy atom. The van der Waals surface area contributed by atoms with Crippen molar-refractivity contribution in [3.63, 3.8) is 0 Å². The number of para-hydroxylation sites is 2. The Kier molecular flexibility index (Phi) is 5.56. The van der Waals surface area contributed by atoms with E-state index < -0.39 is 0 Å². The number of aromatic nitrogens is 1. The number of nitriles is 3. The van der Waals surface area contributed by atoms with Crippen LogP contribution < -0.4 is 0 Å². The Hall–Kier alpha value is -6.61. The fourth-order valence-corrected chi connectivity index (χ4v) is 6.25. The molecule has 0 aliphatic rings. The molecule has 0 amide bonds. The second kappa shape index (κ2) is 9.74. The van der Waals surface area contributed by atoms with Crippen LogP contribution in [0.1, 0.15) is 16.7 Å². The van der Waals surface area contributed by atoms with Crippen LogP contribution in [0.4, 0.5) is 0 Å². The molecule has 0 bridgehead atoms. The van der Waals surface area contributed by atoms with E-state index >= 15 is 0 Å². The summed E-state index contributed by atoms with van der Waals surface area (Å²) in [6.45, 7) is 0. The maximum Gasteiger partial charge on any atom is 0.143 e. The third kappa shape index (κ3) is 3.84. The minimum absolute atomic E-state index is 0.527. The summed E-state index contributed by atoms with van der Waals surface area (Å²) in [7, 11) is 0. The maximum atomic E-state index is 10.1. The van der Waals surface area contributed by atoms with E-state index in [0.717, 1.165) is 71.7 Å². The van der Waals surface area contributed by atoms with Gasteiger partial charge >= 0.3 is 0 Å². The molecule has 8 aromatic rings. The van der Waals surface area contributed by atoms with Gasteiger partial charge in [-0.1, -0.05) is 54.6 Å². The van der Waals surface area contributed by atoms with Gasteiger partial charge in [-0.3, -0.25) is 0 Å². The molecule has 44 heavy (non-hydrogen) atoms. The first-order valence-corrected chi connectivity index (χ1v) is 14.1. The van der Waals surface area contributed by atoms with E-state index in [1.165, 1.54) is 0 Å². The van der Waals surface area contributed by atoms with Gasteiger partial charge in [-0.25, -0.2) is 0 Å². The number of hydrogen-bond donors (Lipinski definition) is 0. The Morgan fingerprint density at radius 3 is 1.86 bits per heavy atom. The van der Waals surface area contributed by atoms with Gasteiger partial charge in [0.05, 0.1) is 45.9 Å². The molecule has 5 heteroatoms. The minimum Gasteiger partial charge on any atom is -0.455 e. The third-order valence-corrected chi connectivity index (χ3v) is 8.24. The van der Waals surface area contributed by atoms with E-state index in [0.29, 0.717) is 16.7 Å². The lowest BCUT2D eigenvalue weighted by atomic mass is 9.96. The van der Waals surface area contributed by atoms with Crippen LogP contribution in [0.2, 0.25) is 0 Å². The predicted octanol–water partition coefficient (Wildman–Crippen LogP) is 9.63. The van der Waals surface area contributed by atoms with E-state index in [1.807, 2.05) is 66.7 Å². The van der Waals surface area contributed by atoms with Gasteiger partial charge in [0.2, 0.25) is 0 Å². The lowest BCUT2D eigenvalue weighted by Crippen LogP contribution is -1.96. The van der Waals surface area contributed by atoms with Crippen LogP contribution >= 0.6 is 0 Å². The second-order valence-corrected chi connectivity index (χ2v) is 10.8. The Labute approximate surface area is 252 Å². The Morgan fingerprint density at radius 2 is 1.14 bits per heavy atom. The van der Waals surface area contributed by atoms with Crippen LogP contribution in [0.25, 0.3) is 71.7 Å². The zero-order valence-corrected chi connectivity index (χ0v) is 23.2. The van der Waals surface area contributed by atoms with Crippen LogP contribution in [0.15, 0.2) is 126 Å². The smallest absolute Gasteiger partial charge is 0.143 e. The molecule has 0 saturated carbocycles. The highest BCUT2D eigenvalue weighted by Gasteiger charge is 2.17. The summed E-state index contributed by atoms with van der Waals surface area (Å²) in [6, 6.07) is 46.3. The van der Waals surface area contributed by atoms with Gasteiger partial charge in [0.25, 0.3) is 0 Å². The lowest BCUT2D eigenvalue weighted by molar-refractivity contribution is 0.670. The molecule has 2 aromatic heterocycles. The number of benzene rings is 6. The SMILES string of the molecule is N#Cc1cc(-c2cccc(-c3cccc4c3oc3ccccc34)c2)cc(-n2c3ccc(C#N)cc3c3cc(C#N)ccc32)c1. The van der Waals surface area contributed by atoms with Gasteiger partial charge in [-0.05, 0) is 83.4 Å². The van der Waals surface area contributed by atoms with E-state index in [2.05, 4.69) is 65.2 Å². The van der Waals surface area contributed by atoms with Crippen LogP contribution in [0.5, 0.6) is 0 Å². The molecule has 0 N–H and O–H groups in total. The quantitative estimate of drug-likeness (QED) is 0.215. The molecule has 0 atom stereocenters. The van der Waals surface area contributed by atoms with Crippen LogP contribution in [-0.2, 0) is 0 Å². The largest absolute Gasteiger partial charge is 0.455 e. The molecule has 0 spiro atoms. The van der Waals surface area contributed by atoms with Crippen molar-refractivity contribution in [3.8, 4) is 46.1 Å². The lowest BCUT2D eigenvalue weighted by Gasteiger charge is -2.12. The average Bonchev–Trinajstić information content (AvgIpc) is 3.63. The molecule has 0 aliphatic heterocycles. The molecule has 6 aromatic carbocycles. The summed E-state index contributed by atoms with van der Waals surface area (Å²) < 4.78 is 8.41. The molecule has 0 fully saturated rings. The number of furan rings is 1. The summed E-state index contributed by atoms with van der Waals surface area (Å²) >= 11 is 0. The first-order chi connectivity index (χ1) is 21.6. The molecule has 2 heterocycles. The number of rotatable bonds is 3.